The van der Waals surface area contributed by atoms with E-state index in [1.165, 1.54) is 18.7 Å². The van der Waals surface area contributed by atoms with Gasteiger partial charge in [-0.1, -0.05) is 0 Å². The number of nitrogens with one attached hydrogen (secondary N) is 1. The van der Waals surface area contributed by atoms with Gasteiger partial charge in [-0.2, -0.15) is 18.4 Å². The first-order chi connectivity index (χ1) is 9.00. The van der Waals surface area contributed by atoms with E-state index in [1.54, 1.807) is 6.07 Å². The molecule has 0 saturated carbocycles. The lowest BCUT2D eigenvalue weighted by atomic mass is 10.1. The smallest absolute Gasteiger partial charge is 0.416 e. The molecule has 0 amide bonds. The monoisotopic (exact) mass is 267 g/mol. The molecule has 0 unspecified atom stereocenters. The molecular weight excluding hydrogens is 259 g/mol. The second-order valence-electron chi connectivity index (χ2n) is 3.69. The normalized spacial score (nSPS) is 11.1. The number of hydrogen-bond acceptors (Lipinski definition) is 4. The van der Waals surface area contributed by atoms with Crippen LogP contribution in [0.3, 0.4) is 0 Å². The number of oxazole rings is 1. The van der Waals surface area contributed by atoms with Crippen molar-refractivity contribution in [2.45, 2.75) is 12.7 Å². The van der Waals surface area contributed by atoms with Crippen molar-refractivity contribution in [1.82, 2.24) is 4.98 Å². The molecule has 2 aromatic rings. The lowest BCUT2D eigenvalue weighted by molar-refractivity contribution is -0.137. The Hall–Kier alpha value is -2.49. The van der Waals surface area contributed by atoms with Gasteiger partial charge >= 0.3 is 6.18 Å². The van der Waals surface area contributed by atoms with Crippen LogP contribution >= 0.6 is 0 Å². The summed E-state index contributed by atoms with van der Waals surface area (Å²) in [5.74, 6) is 0.517. The van der Waals surface area contributed by atoms with E-state index in [-0.39, 0.29) is 12.1 Å². The number of anilines is 1. The first kappa shape index (κ1) is 13.0. The fraction of sp³-hybridized carbons (Fsp3) is 0.167. The van der Waals surface area contributed by atoms with Gasteiger partial charge in [0.05, 0.1) is 29.6 Å². The average Bonchev–Trinajstić information content (AvgIpc) is 2.88. The van der Waals surface area contributed by atoms with Gasteiger partial charge in [0.1, 0.15) is 11.8 Å². The second kappa shape index (κ2) is 5.02. The van der Waals surface area contributed by atoms with Crippen LogP contribution in [0.15, 0.2) is 35.2 Å². The highest BCUT2D eigenvalue weighted by Crippen LogP contribution is 2.31. The highest BCUT2D eigenvalue weighted by Gasteiger charge is 2.31. The van der Waals surface area contributed by atoms with Crippen molar-refractivity contribution >= 4 is 5.69 Å². The maximum atomic E-state index is 12.5. The van der Waals surface area contributed by atoms with Crippen LogP contribution in [-0.4, -0.2) is 4.98 Å². The highest BCUT2D eigenvalue weighted by molar-refractivity contribution is 5.59. The average molecular weight is 267 g/mol. The summed E-state index contributed by atoms with van der Waals surface area (Å²) < 4.78 is 42.4. The Balaban J connectivity index is 2.20. The Bertz CT molecular complexity index is 600. The summed E-state index contributed by atoms with van der Waals surface area (Å²) in [7, 11) is 0. The molecule has 0 spiro atoms. The quantitative estimate of drug-likeness (QED) is 0.927. The first-order valence-electron chi connectivity index (χ1n) is 5.23. The maximum absolute atomic E-state index is 12.5. The lowest BCUT2D eigenvalue weighted by Crippen LogP contribution is -2.07. The van der Waals surface area contributed by atoms with E-state index in [1.807, 2.05) is 0 Å². The molecule has 0 saturated heterocycles. The minimum atomic E-state index is -4.46. The Morgan fingerprint density at radius 2 is 2.16 bits per heavy atom. The van der Waals surface area contributed by atoms with E-state index in [2.05, 4.69) is 10.3 Å². The third-order valence-electron chi connectivity index (χ3n) is 2.40. The Labute approximate surface area is 106 Å². The summed E-state index contributed by atoms with van der Waals surface area (Å²) in [6.45, 7) is 0.236. The molecule has 0 atom stereocenters. The Morgan fingerprint density at radius 1 is 1.37 bits per heavy atom. The number of nitriles is 1. The number of nitrogens with zero attached hydrogens (tertiary/aromatic N) is 2. The zero-order chi connectivity index (χ0) is 13.9. The van der Waals surface area contributed by atoms with E-state index in [4.69, 9.17) is 9.68 Å². The van der Waals surface area contributed by atoms with E-state index in [9.17, 15) is 13.2 Å². The highest BCUT2D eigenvalue weighted by atomic mass is 19.4. The molecule has 0 fully saturated rings. The molecule has 0 aliphatic heterocycles. The molecule has 0 aliphatic carbocycles. The van der Waals surface area contributed by atoms with Gasteiger partial charge in [0.15, 0.2) is 6.39 Å². The molecule has 1 aromatic heterocycles. The minimum absolute atomic E-state index is 0.0747. The molecule has 0 aliphatic rings. The van der Waals surface area contributed by atoms with Crippen LogP contribution in [0.5, 0.6) is 0 Å². The van der Waals surface area contributed by atoms with Gasteiger partial charge in [-0.25, -0.2) is 4.98 Å². The number of alkyl halides is 3. The SMILES string of the molecule is N#Cc1cc(C(F)(F)F)ccc1NCc1cnco1. The van der Waals surface area contributed by atoms with E-state index >= 15 is 0 Å². The summed E-state index contributed by atoms with van der Waals surface area (Å²) >= 11 is 0. The molecule has 4 nitrogen and oxygen atoms in total. The van der Waals surface area contributed by atoms with Gasteiger partial charge in [-0.05, 0) is 18.2 Å². The molecule has 19 heavy (non-hydrogen) atoms. The molecule has 2 rings (SSSR count). The predicted molar refractivity (Wildman–Crippen MR) is 60.0 cm³/mol. The third-order valence-corrected chi connectivity index (χ3v) is 2.40. The molecule has 1 heterocycles. The molecule has 1 aromatic carbocycles. The van der Waals surface area contributed by atoms with Crippen LogP contribution < -0.4 is 5.32 Å². The number of hydrogen-bond donors (Lipinski definition) is 1. The molecule has 98 valence electrons. The van der Waals surface area contributed by atoms with Gasteiger partial charge in [-0.3, -0.25) is 0 Å². The summed E-state index contributed by atoms with van der Waals surface area (Å²) in [4.78, 5) is 3.70. The zero-order valence-electron chi connectivity index (χ0n) is 9.53. The van der Waals surface area contributed by atoms with Crippen molar-refractivity contribution in [2.75, 3.05) is 5.32 Å². The van der Waals surface area contributed by atoms with Crippen LogP contribution in [0.4, 0.5) is 18.9 Å². The standard InChI is InChI=1S/C12H8F3N3O/c13-12(14,15)9-1-2-11(8(3-9)4-16)18-6-10-5-17-7-19-10/h1-3,5,7,18H,6H2. The summed E-state index contributed by atoms with van der Waals surface area (Å²) in [6, 6.07) is 4.68. The first-order valence-corrected chi connectivity index (χ1v) is 5.23. The Kier molecular flexibility index (Phi) is 3.42. The maximum Gasteiger partial charge on any atom is 0.416 e. The summed E-state index contributed by atoms with van der Waals surface area (Å²) in [5, 5.41) is 11.7. The molecule has 0 bridgehead atoms. The zero-order valence-corrected chi connectivity index (χ0v) is 9.53. The van der Waals surface area contributed by atoms with Gasteiger partial charge in [0.2, 0.25) is 0 Å². The van der Waals surface area contributed by atoms with Crippen LogP contribution in [0, 0.1) is 11.3 Å². The van der Waals surface area contributed by atoms with E-state index < -0.39 is 11.7 Å². The Morgan fingerprint density at radius 3 is 2.74 bits per heavy atom. The van der Waals surface area contributed by atoms with Gasteiger partial charge in [-0.15, -0.1) is 0 Å². The summed E-state index contributed by atoms with van der Waals surface area (Å²) in [6.07, 6.45) is -1.74. The largest absolute Gasteiger partial charge is 0.447 e. The van der Waals surface area contributed by atoms with Gasteiger partial charge < -0.3 is 9.73 Å². The van der Waals surface area contributed by atoms with Gasteiger partial charge in [0.25, 0.3) is 0 Å². The molecule has 7 heteroatoms. The van der Waals surface area contributed by atoms with Crippen LogP contribution in [0.25, 0.3) is 0 Å². The van der Waals surface area contributed by atoms with Crippen LogP contribution in [-0.2, 0) is 12.7 Å². The fourth-order valence-electron chi connectivity index (χ4n) is 1.48. The van der Waals surface area contributed by atoms with Crippen molar-refractivity contribution in [3.63, 3.8) is 0 Å². The lowest BCUT2D eigenvalue weighted by Gasteiger charge is -2.10. The topological polar surface area (TPSA) is 61.9 Å². The van der Waals surface area contributed by atoms with Crippen molar-refractivity contribution in [3.05, 3.63) is 47.7 Å². The number of rotatable bonds is 3. The summed E-state index contributed by atoms with van der Waals surface area (Å²) in [5.41, 5.74) is -0.615. The third kappa shape index (κ3) is 3.04. The molecule has 1 N–H and O–H groups in total. The minimum Gasteiger partial charge on any atom is -0.447 e. The van der Waals surface area contributed by atoms with Crippen molar-refractivity contribution < 1.29 is 17.6 Å². The van der Waals surface area contributed by atoms with Crippen molar-refractivity contribution in [1.29, 1.82) is 5.26 Å². The van der Waals surface area contributed by atoms with Crippen LogP contribution in [0.1, 0.15) is 16.9 Å². The molecule has 0 radical (unpaired) electrons. The van der Waals surface area contributed by atoms with E-state index in [0.717, 1.165) is 12.1 Å². The molecular formula is C12H8F3N3O. The van der Waals surface area contributed by atoms with Crippen LogP contribution in [0.2, 0.25) is 0 Å². The number of halogens is 3. The van der Waals surface area contributed by atoms with Crippen molar-refractivity contribution in [2.24, 2.45) is 0 Å². The number of benzene rings is 1. The van der Waals surface area contributed by atoms with Gasteiger partial charge in [0, 0.05) is 0 Å². The second-order valence-corrected chi connectivity index (χ2v) is 3.69. The van der Waals surface area contributed by atoms with E-state index in [0.29, 0.717) is 11.4 Å². The van der Waals surface area contributed by atoms with Crippen molar-refractivity contribution in [3.8, 4) is 6.07 Å². The number of aromatic nitrogens is 1. The predicted octanol–water partition coefficient (Wildman–Crippen LogP) is 3.18. The fourth-order valence-corrected chi connectivity index (χ4v) is 1.48.